The highest BCUT2D eigenvalue weighted by Crippen LogP contribution is 2.25. The maximum Gasteiger partial charge on any atom is 0.251 e. The van der Waals surface area contributed by atoms with Crippen LogP contribution in [0.5, 0.6) is 0 Å². The molecule has 0 spiro atoms. The van der Waals surface area contributed by atoms with E-state index in [4.69, 9.17) is 0 Å². The summed E-state index contributed by atoms with van der Waals surface area (Å²) in [6, 6.07) is 9.55. The van der Waals surface area contributed by atoms with Gasteiger partial charge >= 0.3 is 0 Å². The van der Waals surface area contributed by atoms with Crippen molar-refractivity contribution in [1.29, 1.82) is 0 Å². The van der Waals surface area contributed by atoms with Crippen molar-refractivity contribution in [1.82, 2.24) is 24.2 Å². The summed E-state index contributed by atoms with van der Waals surface area (Å²) in [5.74, 6) is 0.176. The van der Waals surface area contributed by atoms with Crippen LogP contribution in [0.25, 0.3) is 5.65 Å². The lowest BCUT2D eigenvalue weighted by atomic mass is 10.2. The number of halogens is 1. The minimum Gasteiger partial charge on any atom is -0.342 e. The summed E-state index contributed by atoms with van der Waals surface area (Å²) in [6.45, 7) is 1.79. The molecule has 142 valence electrons. The first kappa shape index (κ1) is 19.5. The van der Waals surface area contributed by atoms with Gasteiger partial charge in [-0.2, -0.15) is 0 Å². The molecule has 8 nitrogen and oxygen atoms in total. The van der Waals surface area contributed by atoms with Crippen LogP contribution in [0.15, 0.2) is 52.0 Å². The van der Waals surface area contributed by atoms with Gasteiger partial charge in [-0.05, 0) is 53.2 Å². The van der Waals surface area contributed by atoms with Gasteiger partial charge < -0.3 is 5.32 Å². The predicted octanol–water partition coefficient (Wildman–Crippen LogP) is 2.23. The summed E-state index contributed by atoms with van der Waals surface area (Å²) in [4.78, 5) is 12.7. The fourth-order valence-electron chi connectivity index (χ4n) is 2.54. The number of rotatable bonds is 5. The third-order valence-electron chi connectivity index (χ3n) is 4.03. The molecule has 3 rings (SSSR count). The highest BCUT2D eigenvalue weighted by Gasteiger charge is 2.23. The van der Waals surface area contributed by atoms with Gasteiger partial charge in [0.2, 0.25) is 10.0 Å². The van der Waals surface area contributed by atoms with Crippen LogP contribution in [0, 0.1) is 0 Å². The van der Waals surface area contributed by atoms with Gasteiger partial charge in [0.15, 0.2) is 11.5 Å². The summed E-state index contributed by atoms with van der Waals surface area (Å²) >= 11 is 3.23. The first-order valence-electron chi connectivity index (χ1n) is 8.04. The average molecular weight is 452 g/mol. The monoisotopic (exact) mass is 451 g/mol. The van der Waals surface area contributed by atoms with Crippen LogP contribution in [0.3, 0.4) is 0 Å². The van der Waals surface area contributed by atoms with Crippen LogP contribution >= 0.6 is 15.9 Å². The minimum absolute atomic E-state index is 0.0285. The van der Waals surface area contributed by atoms with E-state index in [1.165, 1.54) is 20.2 Å². The predicted molar refractivity (Wildman–Crippen MR) is 104 cm³/mol. The summed E-state index contributed by atoms with van der Waals surface area (Å²) in [6.07, 6.45) is 1.81. The molecule has 2 aromatic heterocycles. The van der Waals surface area contributed by atoms with Gasteiger partial charge in [0.25, 0.3) is 5.91 Å². The zero-order valence-corrected chi connectivity index (χ0v) is 17.3. The Labute approximate surface area is 165 Å². The number of fused-ring (bicyclic) bond motifs is 1. The maximum atomic E-state index is 12.7. The number of nitrogens with one attached hydrogen (secondary N) is 1. The van der Waals surface area contributed by atoms with Gasteiger partial charge in [-0.15, -0.1) is 10.2 Å². The molecule has 1 unspecified atom stereocenters. The zero-order chi connectivity index (χ0) is 19.8. The van der Waals surface area contributed by atoms with Crippen molar-refractivity contribution in [3.05, 3.63) is 58.5 Å². The molecule has 0 aliphatic heterocycles. The van der Waals surface area contributed by atoms with Crippen molar-refractivity contribution >= 4 is 37.5 Å². The van der Waals surface area contributed by atoms with Crippen LogP contribution < -0.4 is 5.32 Å². The first-order chi connectivity index (χ1) is 12.7. The topological polar surface area (TPSA) is 96.7 Å². The number of amides is 1. The molecule has 1 atom stereocenters. The molecular weight excluding hydrogens is 434 g/mol. The molecule has 0 fully saturated rings. The Bertz CT molecular complexity index is 1110. The smallest absolute Gasteiger partial charge is 0.251 e. The van der Waals surface area contributed by atoms with Gasteiger partial charge in [-0.3, -0.25) is 9.20 Å². The summed E-state index contributed by atoms with van der Waals surface area (Å²) in [5, 5.41) is 11.0. The normalized spacial score (nSPS) is 13.1. The highest BCUT2D eigenvalue weighted by atomic mass is 79.9. The van der Waals surface area contributed by atoms with Crippen molar-refractivity contribution in [3.63, 3.8) is 0 Å². The number of nitrogens with zero attached hydrogens (tertiary/aromatic N) is 4. The molecule has 1 N–H and O–H groups in total. The number of sulfonamides is 1. The Morgan fingerprint density at radius 3 is 2.67 bits per heavy atom. The Kier molecular flexibility index (Phi) is 5.31. The van der Waals surface area contributed by atoms with Gasteiger partial charge in [0, 0.05) is 30.3 Å². The standard InChI is InChI=1S/C17H18BrN5O3S/c1-11(16-21-20-15-6-4-5-9-23(15)16)19-17(24)12-7-8-13(18)14(10-12)27(25,26)22(2)3/h4-11H,1-3H3,(H,19,24). The number of aromatic nitrogens is 3. The molecule has 0 bridgehead atoms. The fourth-order valence-corrected chi connectivity index (χ4v) is 4.38. The van der Waals surface area contributed by atoms with E-state index < -0.39 is 22.0 Å². The van der Waals surface area contributed by atoms with Gasteiger partial charge in [0.1, 0.15) is 0 Å². The number of pyridine rings is 1. The Hall–Kier alpha value is -2.30. The fraction of sp³-hybridized carbons (Fsp3) is 0.235. The van der Waals surface area contributed by atoms with Crippen molar-refractivity contribution in [2.45, 2.75) is 17.9 Å². The summed E-state index contributed by atoms with van der Waals surface area (Å²) < 4.78 is 28.1. The van der Waals surface area contributed by atoms with Crippen molar-refractivity contribution in [2.24, 2.45) is 0 Å². The van der Waals surface area contributed by atoms with Crippen molar-refractivity contribution < 1.29 is 13.2 Å². The molecule has 27 heavy (non-hydrogen) atoms. The van der Waals surface area contributed by atoms with E-state index in [0.29, 0.717) is 15.9 Å². The molecule has 0 aliphatic carbocycles. The van der Waals surface area contributed by atoms with E-state index in [1.54, 1.807) is 23.5 Å². The Balaban J connectivity index is 1.88. The maximum absolute atomic E-state index is 12.7. The lowest BCUT2D eigenvalue weighted by Crippen LogP contribution is -2.28. The third-order valence-corrected chi connectivity index (χ3v) is 6.84. The summed E-state index contributed by atoms with van der Waals surface area (Å²) in [7, 11) is -0.809. The van der Waals surface area contributed by atoms with E-state index in [2.05, 4.69) is 31.4 Å². The molecule has 3 aromatic rings. The largest absolute Gasteiger partial charge is 0.342 e. The SMILES string of the molecule is CC(NC(=O)c1ccc(Br)c(S(=O)(=O)N(C)C)c1)c1nnc2ccccn12. The second-order valence-electron chi connectivity index (χ2n) is 6.11. The van der Waals surface area contributed by atoms with E-state index in [-0.39, 0.29) is 10.5 Å². The zero-order valence-electron chi connectivity index (χ0n) is 14.9. The van der Waals surface area contributed by atoms with Crippen LogP contribution in [-0.2, 0) is 10.0 Å². The molecule has 0 saturated carbocycles. The second kappa shape index (κ2) is 7.37. The quantitative estimate of drug-likeness (QED) is 0.641. The average Bonchev–Trinajstić information content (AvgIpc) is 3.05. The molecule has 10 heteroatoms. The molecule has 1 amide bonds. The van der Waals surface area contributed by atoms with Crippen LogP contribution in [0.1, 0.15) is 29.1 Å². The Morgan fingerprint density at radius 2 is 1.96 bits per heavy atom. The van der Waals surface area contributed by atoms with E-state index >= 15 is 0 Å². The van der Waals surface area contributed by atoms with E-state index in [9.17, 15) is 13.2 Å². The van der Waals surface area contributed by atoms with Crippen LogP contribution in [0.4, 0.5) is 0 Å². The number of carbonyl (C=O) groups is 1. The molecule has 0 saturated heterocycles. The van der Waals surface area contributed by atoms with Gasteiger partial charge in [0.05, 0.1) is 10.9 Å². The van der Waals surface area contributed by atoms with Crippen molar-refractivity contribution in [3.8, 4) is 0 Å². The highest BCUT2D eigenvalue weighted by molar-refractivity contribution is 9.10. The number of carbonyl (C=O) groups excluding carboxylic acids is 1. The lowest BCUT2D eigenvalue weighted by molar-refractivity contribution is 0.0938. The summed E-state index contributed by atoms with van der Waals surface area (Å²) in [5.41, 5.74) is 0.913. The van der Waals surface area contributed by atoms with Crippen LogP contribution in [0.2, 0.25) is 0 Å². The van der Waals surface area contributed by atoms with E-state index in [0.717, 1.165) is 4.31 Å². The second-order valence-corrected chi connectivity index (χ2v) is 9.09. The minimum atomic E-state index is -3.68. The van der Waals surface area contributed by atoms with Crippen LogP contribution in [-0.4, -0.2) is 47.3 Å². The van der Waals surface area contributed by atoms with Gasteiger partial charge in [-0.25, -0.2) is 12.7 Å². The molecule has 1 aromatic carbocycles. The van der Waals surface area contributed by atoms with Crippen molar-refractivity contribution in [2.75, 3.05) is 14.1 Å². The van der Waals surface area contributed by atoms with Gasteiger partial charge in [-0.1, -0.05) is 6.07 Å². The van der Waals surface area contributed by atoms with E-state index in [1.807, 2.05) is 24.4 Å². The molecular formula is C17H18BrN5O3S. The lowest BCUT2D eigenvalue weighted by Gasteiger charge is -2.15. The first-order valence-corrected chi connectivity index (χ1v) is 10.3. The molecule has 0 aliphatic rings. The Morgan fingerprint density at radius 1 is 1.22 bits per heavy atom. The number of hydrogen-bond donors (Lipinski definition) is 1. The third kappa shape index (κ3) is 3.73. The molecule has 0 radical (unpaired) electrons. The molecule has 2 heterocycles. The number of benzene rings is 1. The number of hydrogen-bond acceptors (Lipinski definition) is 5.